The van der Waals surface area contributed by atoms with Gasteiger partial charge in [-0.25, -0.2) is 0 Å². The summed E-state index contributed by atoms with van der Waals surface area (Å²) >= 11 is 0. The maximum Gasteiger partial charge on any atom is 0.314 e. The first kappa shape index (κ1) is 20.1. The molecule has 28 heavy (non-hydrogen) atoms. The molecule has 4 heterocycles. The Hall–Kier alpha value is -1.15. The summed E-state index contributed by atoms with van der Waals surface area (Å²) in [6, 6.07) is 0. The minimum atomic E-state index is -1.62. The quantitative estimate of drug-likeness (QED) is 0.237. The third kappa shape index (κ3) is 2.98. The minimum absolute atomic E-state index is 0.128. The summed E-state index contributed by atoms with van der Waals surface area (Å²) in [5.74, 6) is -2.63. The molecule has 0 aromatic heterocycles. The first-order valence-electron chi connectivity index (χ1n) is 9.03. The van der Waals surface area contributed by atoms with E-state index >= 15 is 0 Å². The minimum Gasteiger partial charge on any atom is -0.469 e. The first-order chi connectivity index (χ1) is 13.3. The van der Waals surface area contributed by atoms with Crippen LogP contribution in [0, 0.1) is 17.8 Å². The highest BCUT2D eigenvalue weighted by atomic mass is 16.8. The van der Waals surface area contributed by atoms with Crippen molar-refractivity contribution in [3.05, 3.63) is 12.2 Å². The van der Waals surface area contributed by atoms with E-state index in [1.165, 1.54) is 13.2 Å². The fraction of sp³-hybridized carbons (Fsp3) is 0.824. The molecule has 4 aliphatic heterocycles. The molecule has 0 amide bonds. The fourth-order valence-electron chi connectivity index (χ4n) is 4.42. The Bertz CT molecular complexity index is 639. The molecule has 0 spiro atoms. The first-order valence-corrected chi connectivity index (χ1v) is 9.03. The third-order valence-electron chi connectivity index (χ3n) is 5.94. The molecule has 0 radical (unpaired) electrons. The molecule has 2 unspecified atom stereocenters. The van der Waals surface area contributed by atoms with Gasteiger partial charge in [0.25, 0.3) is 0 Å². The molecule has 4 bridgehead atoms. The lowest BCUT2D eigenvalue weighted by atomic mass is 9.76. The van der Waals surface area contributed by atoms with Crippen LogP contribution in [0.2, 0.25) is 0 Å². The van der Waals surface area contributed by atoms with Crippen molar-refractivity contribution in [1.29, 1.82) is 0 Å². The number of aliphatic hydroxyl groups is 5. The van der Waals surface area contributed by atoms with Crippen molar-refractivity contribution in [1.82, 2.24) is 0 Å². The van der Waals surface area contributed by atoms with Gasteiger partial charge in [0, 0.05) is 5.92 Å². The average molecular weight is 404 g/mol. The fourth-order valence-corrected chi connectivity index (χ4v) is 4.42. The van der Waals surface area contributed by atoms with Gasteiger partial charge < -0.3 is 49.2 Å². The van der Waals surface area contributed by atoms with Crippen LogP contribution in [-0.4, -0.2) is 101 Å². The van der Waals surface area contributed by atoms with E-state index < -0.39 is 79.2 Å². The van der Waals surface area contributed by atoms with Crippen LogP contribution in [0.25, 0.3) is 0 Å². The number of esters is 1. The number of hydrogen-bond acceptors (Lipinski definition) is 11. The van der Waals surface area contributed by atoms with E-state index in [1.54, 1.807) is 6.08 Å². The zero-order chi connectivity index (χ0) is 20.2. The predicted molar refractivity (Wildman–Crippen MR) is 86.0 cm³/mol. The number of methoxy groups -OCH3 is 1. The van der Waals surface area contributed by atoms with Crippen LogP contribution in [0.1, 0.15) is 0 Å². The summed E-state index contributed by atoms with van der Waals surface area (Å²) < 4.78 is 27.2. The van der Waals surface area contributed by atoms with Gasteiger partial charge in [-0.3, -0.25) is 4.79 Å². The van der Waals surface area contributed by atoms with Crippen LogP contribution in [0.15, 0.2) is 12.2 Å². The second kappa shape index (κ2) is 7.27. The molecule has 0 saturated carbocycles. The molecule has 0 aromatic carbocycles. The van der Waals surface area contributed by atoms with Crippen LogP contribution < -0.4 is 0 Å². The molecular weight excluding hydrogens is 380 g/mol. The van der Waals surface area contributed by atoms with E-state index in [9.17, 15) is 30.3 Å². The van der Waals surface area contributed by atoms with Crippen LogP contribution in [0.5, 0.6) is 0 Å². The zero-order valence-electron chi connectivity index (χ0n) is 15.0. The van der Waals surface area contributed by atoms with Crippen molar-refractivity contribution in [2.75, 3.05) is 20.3 Å². The van der Waals surface area contributed by atoms with Crippen molar-refractivity contribution in [2.24, 2.45) is 17.8 Å². The standard InChI is InChI=1S/C17H24O11/c1-24-13(22)8-6-2-3-17(23)5-25-14(8)27-15(9(6)17)28-16-12(21)11(20)10(19)7(4-18)26-16/h2-3,6-12,14-16,18-21,23H,4-5H2,1H3/t6?,7-,8+,9?,10-,11+,12-,14+,15+,16+,17+/m0/s1. The second-order valence-corrected chi connectivity index (χ2v) is 7.52. The van der Waals surface area contributed by atoms with Crippen LogP contribution in [0.4, 0.5) is 0 Å². The monoisotopic (exact) mass is 404 g/mol. The van der Waals surface area contributed by atoms with Gasteiger partial charge in [-0.1, -0.05) is 12.2 Å². The highest BCUT2D eigenvalue weighted by Crippen LogP contribution is 2.51. The molecular formula is C17H24O11. The number of allylic oxidation sites excluding steroid dienone is 1. The molecule has 5 rings (SSSR count). The van der Waals surface area contributed by atoms with Crippen molar-refractivity contribution in [3.63, 3.8) is 0 Å². The molecule has 11 heteroatoms. The van der Waals surface area contributed by atoms with E-state index in [2.05, 4.69) is 0 Å². The van der Waals surface area contributed by atoms with Gasteiger partial charge in [0.1, 0.15) is 35.9 Å². The molecule has 4 saturated heterocycles. The van der Waals surface area contributed by atoms with Crippen molar-refractivity contribution < 1.29 is 54.0 Å². The lowest BCUT2D eigenvalue weighted by Gasteiger charge is -2.45. The van der Waals surface area contributed by atoms with E-state index in [0.717, 1.165) is 0 Å². The summed E-state index contributed by atoms with van der Waals surface area (Å²) in [5.41, 5.74) is -1.47. The Balaban J connectivity index is 1.58. The van der Waals surface area contributed by atoms with Crippen molar-refractivity contribution in [2.45, 2.75) is 48.9 Å². The predicted octanol–water partition coefficient (Wildman–Crippen LogP) is -3.16. The van der Waals surface area contributed by atoms with Gasteiger partial charge in [0.2, 0.25) is 0 Å². The summed E-state index contributed by atoms with van der Waals surface area (Å²) in [6.45, 7) is -0.735. The normalized spacial score (nSPS) is 52.5. The number of hydrogen-bond donors (Lipinski definition) is 5. The van der Waals surface area contributed by atoms with E-state index in [0.29, 0.717) is 0 Å². The summed E-state index contributed by atoms with van der Waals surface area (Å²) in [7, 11) is 1.24. The van der Waals surface area contributed by atoms with E-state index in [-0.39, 0.29) is 6.61 Å². The summed E-state index contributed by atoms with van der Waals surface area (Å²) in [6.07, 6.45) is -6.36. The molecule has 4 fully saturated rings. The zero-order valence-corrected chi connectivity index (χ0v) is 15.0. The molecule has 5 aliphatic rings. The number of rotatable bonds is 4. The SMILES string of the molecule is COC(=O)[C@H]1C2C=C[C@@]3(O)CO[C@@H]1O[C@H](O[C@H]1O[C@@H](CO)[C@H](O)[C@@H](O)[C@@H]1O)C23. The lowest BCUT2D eigenvalue weighted by molar-refractivity contribution is -0.374. The van der Waals surface area contributed by atoms with Crippen LogP contribution >= 0.6 is 0 Å². The maximum absolute atomic E-state index is 12.2. The number of ether oxygens (including phenoxy) is 5. The van der Waals surface area contributed by atoms with Gasteiger partial charge >= 0.3 is 5.97 Å². The number of aliphatic hydroxyl groups excluding tert-OH is 4. The Morgan fingerprint density at radius 2 is 1.93 bits per heavy atom. The topological polar surface area (TPSA) is 164 Å². The van der Waals surface area contributed by atoms with Gasteiger partial charge in [-0.15, -0.1) is 0 Å². The van der Waals surface area contributed by atoms with Crippen LogP contribution in [0.3, 0.4) is 0 Å². The smallest absolute Gasteiger partial charge is 0.314 e. The van der Waals surface area contributed by atoms with Crippen LogP contribution in [-0.2, 0) is 28.5 Å². The molecule has 158 valence electrons. The Morgan fingerprint density at radius 1 is 1.18 bits per heavy atom. The Morgan fingerprint density at radius 3 is 2.61 bits per heavy atom. The average Bonchev–Trinajstić information content (AvgIpc) is 2.90. The summed E-state index contributed by atoms with van der Waals surface area (Å²) in [4.78, 5) is 12.2. The third-order valence-corrected chi connectivity index (χ3v) is 5.94. The molecule has 1 aliphatic carbocycles. The van der Waals surface area contributed by atoms with Crippen molar-refractivity contribution >= 4 is 5.97 Å². The molecule has 11 atom stereocenters. The second-order valence-electron chi connectivity index (χ2n) is 7.52. The lowest BCUT2D eigenvalue weighted by Crippen LogP contribution is -2.61. The highest BCUT2D eigenvalue weighted by molar-refractivity contribution is 5.74. The highest BCUT2D eigenvalue weighted by Gasteiger charge is 2.63. The Kier molecular flexibility index (Phi) is 5.23. The van der Waals surface area contributed by atoms with Gasteiger partial charge in [0.05, 0.1) is 26.2 Å². The van der Waals surface area contributed by atoms with E-state index in [4.69, 9.17) is 23.7 Å². The molecule has 0 aromatic rings. The Labute approximate surface area is 160 Å². The largest absolute Gasteiger partial charge is 0.469 e. The van der Waals surface area contributed by atoms with E-state index in [1.807, 2.05) is 0 Å². The number of carbonyl (C=O) groups excluding carboxylic acids is 1. The number of carbonyl (C=O) groups is 1. The number of fused-ring (bicyclic) bond motifs is 2. The van der Waals surface area contributed by atoms with Crippen molar-refractivity contribution in [3.8, 4) is 0 Å². The molecule has 5 N–H and O–H groups in total. The van der Waals surface area contributed by atoms with Gasteiger partial charge in [-0.2, -0.15) is 0 Å². The van der Waals surface area contributed by atoms with Gasteiger partial charge in [-0.05, 0) is 0 Å². The molecule has 11 nitrogen and oxygen atoms in total. The maximum atomic E-state index is 12.2. The van der Waals surface area contributed by atoms with Gasteiger partial charge in [0.15, 0.2) is 18.9 Å². The summed E-state index contributed by atoms with van der Waals surface area (Å²) in [5, 5.41) is 50.3.